The number of amides is 2. The molecule has 6 nitrogen and oxygen atoms in total. The van der Waals surface area contributed by atoms with Crippen LogP contribution in [0.2, 0.25) is 0 Å². The van der Waals surface area contributed by atoms with Crippen molar-refractivity contribution in [2.75, 3.05) is 19.8 Å². The van der Waals surface area contributed by atoms with Gasteiger partial charge in [-0.3, -0.25) is 9.59 Å². The van der Waals surface area contributed by atoms with Gasteiger partial charge < -0.3 is 20.1 Å². The minimum absolute atomic E-state index is 0.184. The minimum atomic E-state index is -0.451. The molecule has 3 aliphatic rings. The molecule has 1 atom stereocenters. The highest BCUT2D eigenvalue weighted by atomic mass is 35.5. The maximum atomic E-state index is 14.3. The van der Waals surface area contributed by atoms with E-state index in [9.17, 15) is 14.0 Å². The van der Waals surface area contributed by atoms with Crippen LogP contribution in [0.15, 0.2) is 70.9 Å². The van der Waals surface area contributed by atoms with E-state index in [4.69, 9.17) is 21.1 Å². The topological polar surface area (TPSA) is 76.7 Å². The lowest BCUT2D eigenvalue weighted by Crippen LogP contribution is -2.33. The standard InChI is InChI=1S/C24H30ClFN2O4/c1-5-31-17(4)10-9-15(2)24(30)28-16(3)11-12-27-21(29)14-32-20-13-18-7-6-8-19(20)23(26)22(18)25/h9-10,20H,2-8,11-14H2,1H3,(H,27,29)(H,28,30)/b10-9-. The molecule has 2 N–H and O–H groups in total. The molecule has 2 amide bonds. The van der Waals surface area contributed by atoms with Gasteiger partial charge in [0.25, 0.3) is 5.91 Å². The van der Waals surface area contributed by atoms with E-state index in [0.717, 1.165) is 18.4 Å². The highest BCUT2D eigenvalue weighted by Crippen LogP contribution is 2.42. The van der Waals surface area contributed by atoms with Crippen LogP contribution in [0, 0.1) is 0 Å². The number of hydrogen-bond donors (Lipinski definition) is 2. The van der Waals surface area contributed by atoms with Crippen molar-refractivity contribution >= 4 is 23.4 Å². The lowest BCUT2D eigenvalue weighted by molar-refractivity contribution is -0.127. The van der Waals surface area contributed by atoms with Crippen molar-refractivity contribution in [1.29, 1.82) is 0 Å². The van der Waals surface area contributed by atoms with E-state index >= 15 is 0 Å². The zero-order valence-electron chi connectivity index (χ0n) is 18.4. The van der Waals surface area contributed by atoms with Gasteiger partial charge in [0.05, 0.1) is 17.7 Å². The minimum Gasteiger partial charge on any atom is -0.495 e. The Kier molecular flexibility index (Phi) is 9.94. The summed E-state index contributed by atoms with van der Waals surface area (Å²) in [5.74, 6) is -0.703. The van der Waals surface area contributed by atoms with Crippen LogP contribution in [0.5, 0.6) is 0 Å². The Morgan fingerprint density at radius 2 is 2.00 bits per heavy atom. The first-order valence-corrected chi connectivity index (χ1v) is 10.9. The third kappa shape index (κ3) is 7.50. The van der Waals surface area contributed by atoms with Crippen molar-refractivity contribution in [2.45, 2.75) is 45.1 Å². The monoisotopic (exact) mass is 464 g/mol. The molecule has 1 fully saturated rings. The molecule has 0 radical (unpaired) electrons. The molecular weight excluding hydrogens is 435 g/mol. The van der Waals surface area contributed by atoms with E-state index in [1.165, 1.54) is 6.08 Å². The summed E-state index contributed by atoms with van der Waals surface area (Å²) in [6, 6.07) is 0. The van der Waals surface area contributed by atoms with E-state index in [-0.39, 0.29) is 29.7 Å². The Morgan fingerprint density at radius 3 is 2.72 bits per heavy atom. The summed E-state index contributed by atoms with van der Waals surface area (Å²) in [5, 5.41) is 5.53. The predicted molar refractivity (Wildman–Crippen MR) is 123 cm³/mol. The predicted octanol–water partition coefficient (Wildman–Crippen LogP) is 4.47. The fourth-order valence-corrected chi connectivity index (χ4v) is 3.69. The lowest BCUT2D eigenvalue weighted by atomic mass is 9.96. The van der Waals surface area contributed by atoms with Gasteiger partial charge in [0, 0.05) is 30.7 Å². The van der Waals surface area contributed by atoms with Gasteiger partial charge in [0.15, 0.2) is 0 Å². The Balaban J connectivity index is 1.68. The molecule has 1 unspecified atom stereocenters. The number of fused-ring (bicyclic) bond motifs is 4. The van der Waals surface area contributed by atoms with Crippen molar-refractivity contribution < 1.29 is 23.5 Å². The molecule has 0 aromatic rings. The second-order valence-corrected chi connectivity index (χ2v) is 7.91. The second kappa shape index (κ2) is 12.4. The summed E-state index contributed by atoms with van der Waals surface area (Å²) in [7, 11) is 0. The quantitative estimate of drug-likeness (QED) is 0.254. The smallest absolute Gasteiger partial charge is 0.254 e. The molecule has 8 heteroatoms. The highest BCUT2D eigenvalue weighted by molar-refractivity contribution is 6.32. The van der Waals surface area contributed by atoms with Crippen LogP contribution < -0.4 is 10.6 Å². The van der Waals surface area contributed by atoms with Gasteiger partial charge in [-0.1, -0.05) is 31.3 Å². The Labute approximate surface area is 193 Å². The molecular formula is C24H30ClFN2O4. The SMILES string of the molecule is C=C(CCNC(=O)COC1CC2=C(Cl)C(F)=C1CCC2)NC(=O)C(=C)/C=C\C(=C)OCC. The summed E-state index contributed by atoms with van der Waals surface area (Å²) in [6.07, 6.45) is 5.63. The first kappa shape index (κ1) is 25.6. The number of rotatable bonds is 12. The molecule has 3 aliphatic carbocycles. The van der Waals surface area contributed by atoms with Crippen LogP contribution in [0.4, 0.5) is 4.39 Å². The van der Waals surface area contributed by atoms with Crippen LogP contribution in [0.25, 0.3) is 0 Å². The Morgan fingerprint density at radius 1 is 1.25 bits per heavy atom. The molecule has 32 heavy (non-hydrogen) atoms. The largest absolute Gasteiger partial charge is 0.495 e. The highest BCUT2D eigenvalue weighted by Gasteiger charge is 2.32. The van der Waals surface area contributed by atoms with Gasteiger partial charge in [0.1, 0.15) is 18.2 Å². The third-order valence-corrected chi connectivity index (χ3v) is 5.51. The van der Waals surface area contributed by atoms with Crippen molar-refractivity contribution in [3.05, 3.63) is 70.9 Å². The van der Waals surface area contributed by atoms with Crippen LogP contribution in [-0.4, -0.2) is 37.7 Å². The number of nitrogens with one attached hydrogen (secondary N) is 2. The maximum Gasteiger partial charge on any atom is 0.254 e. The lowest BCUT2D eigenvalue weighted by Gasteiger charge is -2.24. The zero-order chi connectivity index (χ0) is 23.7. The zero-order valence-corrected chi connectivity index (χ0v) is 19.2. The summed E-state index contributed by atoms with van der Waals surface area (Å²) in [5.41, 5.74) is 2.05. The number of carbonyl (C=O) groups is 2. The molecule has 3 rings (SSSR count). The van der Waals surface area contributed by atoms with Crippen molar-refractivity contribution in [2.24, 2.45) is 0 Å². The van der Waals surface area contributed by atoms with Crippen molar-refractivity contribution in [3.8, 4) is 0 Å². The van der Waals surface area contributed by atoms with Crippen LogP contribution in [0.3, 0.4) is 0 Å². The van der Waals surface area contributed by atoms with Crippen molar-refractivity contribution in [3.63, 3.8) is 0 Å². The molecule has 0 saturated heterocycles. The first-order valence-electron chi connectivity index (χ1n) is 10.6. The van der Waals surface area contributed by atoms with Crippen LogP contribution in [-0.2, 0) is 19.1 Å². The fourth-order valence-electron chi connectivity index (χ4n) is 3.39. The average Bonchev–Trinajstić information content (AvgIpc) is 3.04. The van der Waals surface area contributed by atoms with Gasteiger partial charge in [0.2, 0.25) is 5.91 Å². The summed E-state index contributed by atoms with van der Waals surface area (Å²) < 4.78 is 25.2. The van der Waals surface area contributed by atoms with Crippen LogP contribution >= 0.6 is 11.6 Å². The molecule has 174 valence electrons. The number of ether oxygens (including phenoxy) is 2. The maximum absolute atomic E-state index is 14.3. The van der Waals surface area contributed by atoms with E-state index < -0.39 is 17.8 Å². The van der Waals surface area contributed by atoms with Gasteiger partial charge in [-0.2, -0.15) is 0 Å². The summed E-state index contributed by atoms with van der Waals surface area (Å²) >= 11 is 6.05. The number of halogens is 2. The molecule has 0 aliphatic heterocycles. The van der Waals surface area contributed by atoms with E-state index in [2.05, 4.69) is 30.4 Å². The number of carbonyl (C=O) groups excluding carboxylic acids is 2. The molecule has 1 saturated carbocycles. The molecule has 0 spiro atoms. The summed E-state index contributed by atoms with van der Waals surface area (Å²) in [4.78, 5) is 24.2. The Hall–Kier alpha value is -2.64. The molecule has 2 bridgehead atoms. The van der Waals surface area contributed by atoms with E-state index in [1.54, 1.807) is 6.08 Å². The van der Waals surface area contributed by atoms with Gasteiger partial charge in [-0.05, 0) is 49.5 Å². The number of allylic oxidation sites excluding steroid dienone is 3. The second-order valence-electron chi connectivity index (χ2n) is 7.53. The van der Waals surface area contributed by atoms with E-state index in [0.29, 0.717) is 42.9 Å². The summed E-state index contributed by atoms with van der Waals surface area (Å²) in [6.45, 7) is 13.6. The molecule has 0 aromatic carbocycles. The van der Waals surface area contributed by atoms with Gasteiger partial charge in [-0.25, -0.2) is 4.39 Å². The Bertz CT molecular complexity index is 888. The number of hydrogen-bond acceptors (Lipinski definition) is 4. The normalized spacial score (nSPS) is 17.9. The first-order chi connectivity index (χ1) is 15.2. The van der Waals surface area contributed by atoms with Gasteiger partial charge in [-0.15, -0.1) is 0 Å². The van der Waals surface area contributed by atoms with Crippen LogP contribution in [0.1, 0.15) is 39.0 Å². The average molecular weight is 465 g/mol. The molecule has 0 heterocycles. The van der Waals surface area contributed by atoms with Crippen molar-refractivity contribution in [1.82, 2.24) is 10.6 Å². The molecule has 0 aromatic heterocycles. The van der Waals surface area contributed by atoms with E-state index in [1.807, 2.05) is 6.92 Å². The fraction of sp³-hybridized carbons (Fsp3) is 0.417. The third-order valence-electron chi connectivity index (χ3n) is 5.08. The van der Waals surface area contributed by atoms with Gasteiger partial charge >= 0.3 is 0 Å².